The number of nitrogens with two attached hydrogens (primary N) is 1. The first-order valence-corrected chi connectivity index (χ1v) is 8.15. The van der Waals surface area contributed by atoms with Gasteiger partial charge >= 0.3 is 0 Å². The van der Waals surface area contributed by atoms with Crippen LogP contribution in [0.15, 0.2) is 0 Å². The summed E-state index contributed by atoms with van der Waals surface area (Å²) in [5, 5.41) is 0. The highest BCUT2D eigenvalue weighted by Gasteiger charge is 2.43. The summed E-state index contributed by atoms with van der Waals surface area (Å²) in [6.07, 6.45) is 8.25. The molecule has 2 aliphatic carbocycles. The average Bonchev–Trinajstić information content (AvgIpc) is 2.68. The van der Waals surface area contributed by atoms with E-state index in [0.29, 0.717) is 35.9 Å². The van der Waals surface area contributed by atoms with Gasteiger partial charge in [-0.15, -0.1) is 12.4 Å². The van der Waals surface area contributed by atoms with Crippen molar-refractivity contribution in [1.82, 2.24) is 4.90 Å². The van der Waals surface area contributed by atoms with Gasteiger partial charge in [-0.25, -0.2) is 0 Å². The van der Waals surface area contributed by atoms with Gasteiger partial charge in [-0.1, -0.05) is 6.42 Å². The van der Waals surface area contributed by atoms with Gasteiger partial charge in [0.25, 0.3) is 0 Å². The molecule has 2 N–H and O–H groups in total. The molecule has 1 saturated heterocycles. The molecule has 0 spiro atoms. The smallest absolute Gasteiger partial charge is 0.226 e. The van der Waals surface area contributed by atoms with Crippen LogP contribution < -0.4 is 5.73 Å². The first-order valence-electron chi connectivity index (χ1n) is 8.15. The van der Waals surface area contributed by atoms with Crippen molar-refractivity contribution >= 4 is 18.3 Å². The van der Waals surface area contributed by atoms with Crippen molar-refractivity contribution in [3.63, 3.8) is 0 Å². The Morgan fingerprint density at radius 2 is 1.50 bits per heavy atom. The predicted molar refractivity (Wildman–Crippen MR) is 83.8 cm³/mol. The number of carbonyl (C=O) groups excluding carboxylic acids is 1. The molecule has 2 saturated carbocycles. The molecular weight excluding hydrogens is 272 g/mol. The summed E-state index contributed by atoms with van der Waals surface area (Å²) in [6, 6.07) is 1.25. The molecule has 0 aromatic heterocycles. The molecule has 1 aliphatic heterocycles. The van der Waals surface area contributed by atoms with E-state index < -0.39 is 0 Å². The molecule has 1 amide bonds. The number of likely N-dealkylation sites (tertiary alicyclic amines) is 1. The number of hydrogen-bond acceptors (Lipinski definition) is 2. The molecule has 0 aromatic carbocycles. The van der Waals surface area contributed by atoms with Gasteiger partial charge in [0.15, 0.2) is 0 Å². The third-order valence-corrected chi connectivity index (χ3v) is 5.97. The second kappa shape index (κ2) is 6.23. The van der Waals surface area contributed by atoms with Crippen LogP contribution in [0, 0.1) is 17.8 Å². The van der Waals surface area contributed by atoms with Crippen LogP contribution in [-0.2, 0) is 4.79 Å². The molecule has 3 nitrogen and oxygen atoms in total. The number of fused-ring (bicyclic) bond motifs is 2. The first-order chi connectivity index (χ1) is 9.08. The minimum Gasteiger partial charge on any atom is -0.337 e. The fourth-order valence-corrected chi connectivity index (χ4v) is 4.83. The number of hydrogen-bond donors (Lipinski definition) is 1. The second-order valence-electron chi connectivity index (χ2n) is 7.22. The summed E-state index contributed by atoms with van der Waals surface area (Å²) in [5.41, 5.74) is 6.33. The van der Waals surface area contributed by atoms with E-state index in [-0.39, 0.29) is 18.3 Å². The Morgan fingerprint density at radius 1 is 1.00 bits per heavy atom. The van der Waals surface area contributed by atoms with E-state index in [1.807, 2.05) is 0 Å². The van der Waals surface area contributed by atoms with Crippen molar-refractivity contribution in [1.29, 1.82) is 0 Å². The van der Waals surface area contributed by atoms with Gasteiger partial charge in [0, 0.05) is 24.0 Å². The van der Waals surface area contributed by atoms with E-state index in [9.17, 15) is 4.79 Å². The zero-order valence-corrected chi connectivity index (χ0v) is 13.6. The van der Waals surface area contributed by atoms with E-state index in [4.69, 9.17) is 5.73 Å². The average molecular weight is 301 g/mol. The van der Waals surface area contributed by atoms with Crippen molar-refractivity contribution < 1.29 is 4.79 Å². The van der Waals surface area contributed by atoms with Crippen LogP contribution in [0.5, 0.6) is 0 Å². The molecule has 3 aliphatic rings. The summed E-state index contributed by atoms with van der Waals surface area (Å²) in [4.78, 5) is 15.0. The Kier molecular flexibility index (Phi) is 5.01. The van der Waals surface area contributed by atoms with Crippen LogP contribution in [0.4, 0.5) is 0 Å². The van der Waals surface area contributed by atoms with Crippen molar-refractivity contribution in [2.75, 3.05) is 0 Å². The Hall–Kier alpha value is -0.280. The maximum Gasteiger partial charge on any atom is 0.226 e. The van der Waals surface area contributed by atoms with Crippen molar-refractivity contribution in [2.24, 2.45) is 23.5 Å². The van der Waals surface area contributed by atoms with E-state index in [1.54, 1.807) is 0 Å². The maximum absolute atomic E-state index is 12.8. The van der Waals surface area contributed by atoms with Crippen LogP contribution in [0.1, 0.15) is 58.8 Å². The quantitative estimate of drug-likeness (QED) is 0.809. The molecule has 20 heavy (non-hydrogen) atoms. The molecule has 4 heteroatoms. The lowest BCUT2D eigenvalue weighted by atomic mass is 9.65. The van der Waals surface area contributed by atoms with Crippen molar-refractivity contribution in [3.8, 4) is 0 Å². The molecule has 116 valence electrons. The third kappa shape index (κ3) is 2.71. The largest absolute Gasteiger partial charge is 0.337 e. The summed E-state index contributed by atoms with van der Waals surface area (Å²) in [5.74, 6) is 1.91. The molecule has 4 unspecified atom stereocenters. The minimum atomic E-state index is 0. The van der Waals surface area contributed by atoms with Gasteiger partial charge in [0.05, 0.1) is 0 Å². The van der Waals surface area contributed by atoms with Crippen molar-refractivity contribution in [3.05, 3.63) is 0 Å². The SMILES string of the molecule is CC1CCC(C)N1C(=O)C1CC2CCCC(C1)C2N.Cl. The minimum absolute atomic E-state index is 0. The Bertz CT molecular complexity index is 338. The lowest BCUT2D eigenvalue weighted by Gasteiger charge is -2.45. The Morgan fingerprint density at radius 3 is 2.00 bits per heavy atom. The molecule has 0 aromatic rings. The van der Waals surface area contributed by atoms with Gasteiger partial charge in [-0.3, -0.25) is 4.79 Å². The van der Waals surface area contributed by atoms with E-state index in [2.05, 4.69) is 18.7 Å². The summed E-state index contributed by atoms with van der Waals surface area (Å²) < 4.78 is 0. The highest BCUT2D eigenvalue weighted by molar-refractivity contribution is 5.85. The van der Waals surface area contributed by atoms with E-state index >= 15 is 0 Å². The van der Waals surface area contributed by atoms with Gasteiger partial charge in [-0.2, -0.15) is 0 Å². The van der Waals surface area contributed by atoms with Gasteiger partial charge in [0.1, 0.15) is 0 Å². The summed E-state index contributed by atoms with van der Waals surface area (Å²) in [7, 11) is 0. The van der Waals surface area contributed by atoms with Gasteiger partial charge in [-0.05, 0) is 64.2 Å². The summed E-state index contributed by atoms with van der Waals surface area (Å²) in [6.45, 7) is 4.41. The highest BCUT2D eigenvalue weighted by Crippen LogP contribution is 2.43. The van der Waals surface area contributed by atoms with Gasteiger partial charge < -0.3 is 10.6 Å². The highest BCUT2D eigenvalue weighted by atomic mass is 35.5. The third-order valence-electron chi connectivity index (χ3n) is 5.97. The topological polar surface area (TPSA) is 46.3 Å². The number of nitrogens with zero attached hydrogens (tertiary/aromatic N) is 1. The second-order valence-corrected chi connectivity index (χ2v) is 7.22. The Labute approximate surface area is 129 Å². The van der Waals surface area contributed by atoms with Gasteiger partial charge in [0.2, 0.25) is 5.91 Å². The number of carbonyl (C=O) groups is 1. The monoisotopic (exact) mass is 300 g/mol. The normalized spacial score (nSPS) is 44.0. The van der Waals surface area contributed by atoms with Crippen LogP contribution >= 0.6 is 12.4 Å². The number of amides is 1. The van der Waals surface area contributed by atoms with Crippen LogP contribution in [0.3, 0.4) is 0 Å². The number of halogens is 1. The van der Waals surface area contributed by atoms with Crippen LogP contribution in [0.2, 0.25) is 0 Å². The van der Waals surface area contributed by atoms with E-state index in [1.165, 1.54) is 32.1 Å². The zero-order valence-electron chi connectivity index (χ0n) is 12.8. The molecule has 2 bridgehead atoms. The number of rotatable bonds is 1. The maximum atomic E-state index is 12.8. The predicted octanol–water partition coefficient (Wildman–Crippen LogP) is 2.96. The lowest BCUT2D eigenvalue weighted by Crippen LogP contribution is -2.51. The zero-order chi connectivity index (χ0) is 13.6. The first kappa shape index (κ1) is 16.1. The molecular formula is C16H29ClN2O. The lowest BCUT2D eigenvalue weighted by molar-refractivity contribution is -0.141. The molecule has 3 rings (SSSR count). The fourth-order valence-electron chi connectivity index (χ4n) is 4.83. The molecule has 3 fully saturated rings. The van der Waals surface area contributed by atoms with Crippen LogP contribution in [0.25, 0.3) is 0 Å². The van der Waals surface area contributed by atoms with Crippen LogP contribution in [-0.4, -0.2) is 28.9 Å². The Balaban J connectivity index is 0.00000147. The molecule has 0 radical (unpaired) electrons. The fraction of sp³-hybridized carbons (Fsp3) is 0.938. The molecule has 4 atom stereocenters. The summed E-state index contributed by atoms with van der Waals surface area (Å²) >= 11 is 0. The van der Waals surface area contributed by atoms with Crippen molar-refractivity contribution in [2.45, 2.75) is 76.9 Å². The molecule has 1 heterocycles. The van der Waals surface area contributed by atoms with E-state index in [0.717, 1.165) is 12.8 Å². The standard InChI is InChI=1S/C16H28N2O.ClH/c1-10-6-7-11(2)18(10)16(19)14-8-12-4-3-5-13(9-14)15(12)17;/h10-15H,3-9,17H2,1-2H3;1H.